The Hall–Kier alpha value is -2.28. The van der Waals surface area contributed by atoms with Gasteiger partial charge in [0.05, 0.1) is 0 Å². The first-order valence-corrected chi connectivity index (χ1v) is 9.27. The van der Waals surface area contributed by atoms with Crippen molar-refractivity contribution in [2.45, 2.75) is 31.6 Å². The van der Waals surface area contributed by atoms with E-state index in [1.165, 1.54) is 12.3 Å². The Kier molecular flexibility index (Phi) is 4.36. The molecule has 1 aromatic heterocycles. The molecule has 0 saturated carbocycles. The summed E-state index contributed by atoms with van der Waals surface area (Å²) in [6.07, 6.45) is 3.25. The van der Waals surface area contributed by atoms with Gasteiger partial charge in [0.1, 0.15) is 16.3 Å². The molecule has 0 bridgehead atoms. The van der Waals surface area contributed by atoms with E-state index in [4.69, 9.17) is 4.18 Å². The van der Waals surface area contributed by atoms with Crippen molar-refractivity contribution in [1.29, 1.82) is 0 Å². The van der Waals surface area contributed by atoms with E-state index < -0.39 is 10.1 Å². The lowest BCUT2D eigenvalue weighted by atomic mass is 10.1. The number of hydrogen-bond donors (Lipinski definition) is 1. The van der Waals surface area contributed by atoms with E-state index in [0.29, 0.717) is 18.8 Å². The van der Waals surface area contributed by atoms with Crippen LogP contribution in [0.4, 0.5) is 0 Å². The predicted molar refractivity (Wildman–Crippen MR) is 89.7 cm³/mol. The highest BCUT2D eigenvalue weighted by atomic mass is 32.2. The Bertz CT molecular complexity index is 864. The largest absolute Gasteiger partial charge is 0.379 e. The standard InChI is InChI=1S/C17H20N2O4S/c1-12-5-6-13(2)16(9-12)23-24(21,22)14-10-15(18-11-14)17(20)19-7-3-4-8-19/h5-6,9-11,18H,3-4,7-8H2,1-2H3. The first-order chi connectivity index (χ1) is 11.4. The number of H-pyrrole nitrogens is 1. The summed E-state index contributed by atoms with van der Waals surface area (Å²) < 4.78 is 30.2. The topological polar surface area (TPSA) is 79.5 Å². The summed E-state index contributed by atoms with van der Waals surface area (Å²) in [6.45, 7) is 5.06. The van der Waals surface area contributed by atoms with Crippen LogP contribution >= 0.6 is 0 Å². The van der Waals surface area contributed by atoms with E-state index >= 15 is 0 Å². The summed E-state index contributed by atoms with van der Waals surface area (Å²) >= 11 is 0. The predicted octanol–water partition coefficient (Wildman–Crippen LogP) is 2.64. The lowest BCUT2D eigenvalue weighted by Gasteiger charge is -2.13. The van der Waals surface area contributed by atoms with Crippen LogP contribution in [-0.4, -0.2) is 37.3 Å². The number of benzene rings is 1. The molecule has 6 nitrogen and oxygen atoms in total. The molecule has 0 radical (unpaired) electrons. The molecule has 2 aromatic rings. The molecular weight excluding hydrogens is 328 g/mol. The van der Waals surface area contributed by atoms with Gasteiger partial charge < -0.3 is 14.1 Å². The number of carbonyl (C=O) groups is 1. The summed E-state index contributed by atoms with van der Waals surface area (Å²) in [5.74, 6) is 0.115. The molecule has 0 unspecified atom stereocenters. The molecule has 1 fully saturated rings. The number of hydrogen-bond acceptors (Lipinski definition) is 4. The van der Waals surface area contributed by atoms with Gasteiger partial charge in [-0.05, 0) is 49.9 Å². The van der Waals surface area contributed by atoms with Crippen LogP contribution in [0.25, 0.3) is 0 Å². The normalized spacial score (nSPS) is 14.8. The summed E-state index contributed by atoms with van der Waals surface area (Å²) in [5, 5.41) is 0. The Morgan fingerprint density at radius 3 is 2.58 bits per heavy atom. The summed E-state index contributed by atoms with van der Waals surface area (Å²) in [7, 11) is -3.99. The summed E-state index contributed by atoms with van der Waals surface area (Å²) in [6, 6.07) is 6.70. The average Bonchev–Trinajstić information content (AvgIpc) is 3.21. The van der Waals surface area contributed by atoms with Crippen LogP contribution in [0.3, 0.4) is 0 Å². The average molecular weight is 348 g/mol. The zero-order chi connectivity index (χ0) is 17.3. The Morgan fingerprint density at radius 2 is 1.88 bits per heavy atom. The maximum Gasteiger partial charge on any atom is 0.340 e. The number of nitrogens with one attached hydrogen (secondary N) is 1. The van der Waals surface area contributed by atoms with Crippen LogP contribution in [-0.2, 0) is 10.1 Å². The van der Waals surface area contributed by atoms with Crippen LogP contribution in [0.1, 0.15) is 34.5 Å². The highest BCUT2D eigenvalue weighted by Gasteiger charge is 2.25. The molecule has 1 aromatic carbocycles. The molecule has 1 saturated heterocycles. The van der Waals surface area contributed by atoms with Gasteiger partial charge in [0.15, 0.2) is 0 Å². The Morgan fingerprint density at radius 1 is 1.17 bits per heavy atom. The van der Waals surface area contributed by atoms with Crippen LogP contribution in [0.15, 0.2) is 35.4 Å². The van der Waals surface area contributed by atoms with Gasteiger partial charge in [-0.1, -0.05) is 12.1 Å². The third-order valence-electron chi connectivity index (χ3n) is 4.11. The minimum atomic E-state index is -3.99. The first kappa shape index (κ1) is 16.6. The van der Waals surface area contributed by atoms with Crippen molar-refractivity contribution in [1.82, 2.24) is 9.88 Å². The van der Waals surface area contributed by atoms with Crippen molar-refractivity contribution in [3.63, 3.8) is 0 Å². The molecule has 128 valence electrons. The number of carbonyl (C=O) groups excluding carboxylic acids is 1. The highest BCUT2D eigenvalue weighted by molar-refractivity contribution is 7.87. The van der Waals surface area contributed by atoms with Gasteiger partial charge in [0, 0.05) is 19.3 Å². The molecule has 1 aliphatic heterocycles. The Balaban J connectivity index is 1.82. The first-order valence-electron chi connectivity index (χ1n) is 7.86. The quantitative estimate of drug-likeness (QED) is 0.862. The number of amides is 1. The van der Waals surface area contributed by atoms with Gasteiger partial charge in [0.25, 0.3) is 5.91 Å². The molecule has 0 atom stereocenters. The number of aromatic amines is 1. The number of aromatic nitrogens is 1. The Labute approximate surface area is 141 Å². The van der Waals surface area contributed by atoms with Crippen molar-refractivity contribution in [2.24, 2.45) is 0 Å². The monoisotopic (exact) mass is 348 g/mol. The van der Waals surface area contributed by atoms with Crippen LogP contribution in [0, 0.1) is 13.8 Å². The maximum absolute atomic E-state index is 12.5. The number of likely N-dealkylation sites (tertiary alicyclic amines) is 1. The van der Waals surface area contributed by atoms with Crippen molar-refractivity contribution >= 4 is 16.0 Å². The van der Waals surface area contributed by atoms with E-state index in [2.05, 4.69) is 4.98 Å². The fraction of sp³-hybridized carbons (Fsp3) is 0.353. The third kappa shape index (κ3) is 3.31. The number of nitrogens with zero attached hydrogens (tertiary/aromatic N) is 1. The smallest absolute Gasteiger partial charge is 0.340 e. The van der Waals surface area contributed by atoms with Crippen molar-refractivity contribution in [3.8, 4) is 5.75 Å². The van der Waals surface area contributed by atoms with E-state index in [0.717, 1.165) is 24.0 Å². The fourth-order valence-corrected chi connectivity index (χ4v) is 3.67. The van der Waals surface area contributed by atoms with Crippen molar-refractivity contribution in [2.75, 3.05) is 13.1 Å². The second kappa shape index (κ2) is 6.32. The zero-order valence-electron chi connectivity index (χ0n) is 13.7. The molecule has 7 heteroatoms. The highest BCUT2D eigenvalue weighted by Crippen LogP contribution is 2.24. The van der Waals surface area contributed by atoms with E-state index in [9.17, 15) is 13.2 Å². The van der Waals surface area contributed by atoms with Gasteiger partial charge in [-0.3, -0.25) is 4.79 Å². The molecule has 1 aliphatic rings. The molecule has 0 aliphatic carbocycles. The van der Waals surface area contributed by atoms with Crippen LogP contribution in [0.5, 0.6) is 5.75 Å². The second-order valence-electron chi connectivity index (χ2n) is 6.05. The lowest BCUT2D eigenvalue weighted by molar-refractivity contribution is 0.0787. The molecule has 24 heavy (non-hydrogen) atoms. The van der Waals surface area contributed by atoms with Gasteiger partial charge in [0.2, 0.25) is 0 Å². The maximum atomic E-state index is 12.5. The minimum absolute atomic E-state index is 0.0500. The van der Waals surface area contributed by atoms with Crippen LogP contribution in [0.2, 0.25) is 0 Å². The molecule has 3 rings (SSSR count). The van der Waals surface area contributed by atoms with Crippen LogP contribution < -0.4 is 4.18 Å². The van der Waals surface area contributed by atoms with Gasteiger partial charge in [-0.2, -0.15) is 8.42 Å². The summed E-state index contributed by atoms with van der Waals surface area (Å²) in [5.41, 5.74) is 1.90. The van der Waals surface area contributed by atoms with Crippen molar-refractivity contribution < 1.29 is 17.4 Å². The van der Waals surface area contributed by atoms with E-state index in [-0.39, 0.29) is 16.5 Å². The third-order valence-corrected chi connectivity index (χ3v) is 5.32. The fourth-order valence-electron chi connectivity index (χ4n) is 2.70. The minimum Gasteiger partial charge on any atom is -0.379 e. The molecule has 1 N–H and O–H groups in total. The summed E-state index contributed by atoms with van der Waals surface area (Å²) in [4.78, 5) is 16.7. The number of aryl methyl sites for hydroxylation is 2. The van der Waals surface area contributed by atoms with E-state index in [1.54, 1.807) is 24.0 Å². The van der Waals surface area contributed by atoms with Gasteiger partial charge in [-0.25, -0.2) is 0 Å². The van der Waals surface area contributed by atoms with E-state index in [1.807, 2.05) is 13.0 Å². The molecule has 1 amide bonds. The lowest BCUT2D eigenvalue weighted by Crippen LogP contribution is -2.27. The molecular formula is C17H20N2O4S. The second-order valence-corrected chi connectivity index (χ2v) is 7.60. The molecule has 0 spiro atoms. The number of rotatable bonds is 4. The zero-order valence-corrected chi connectivity index (χ0v) is 14.5. The van der Waals surface area contributed by atoms with Gasteiger partial charge in [-0.15, -0.1) is 0 Å². The van der Waals surface area contributed by atoms with Gasteiger partial charge >= 0.3 is 10.1 Å². The SMILES string of the molecule is Cc1ccc(C)c(OS(=O)(=O)c2c[nH]c(C(=O)N3CCCC3)c2)c1. The molecule has 2 heterocycles. The van der Waals surface area contributed by atoms with Crippen molar-refractivity contribution in [3.05, 3.63) is 47.3 Å².